The van der Waals surface area contributed by atoms with Gasteiger partial charge in [-0.15, -0.1) is 0 Å². The summed E-state index contributed by atoms with van der Waals surface area (Å²) >= 11 is 5.92. The molecular formula is C15H14ClN3. The van der Waals surface area contributed by atoms with Gasteiger partial charge in [0.15, 0.2) is 0 Å². The van der Waals surface area contributed by atoms with Crippen LogP contribution in [0.15, 0.2) is 42.6 Å². The summed E-state index contributed by atoms with van der Waals surface area (Å²) in [6.45, 7) is 3.53. The number of hydrogen-bond acceptors (Lipinski definition) is 3. The number of nitrogens with zero attached hydrogens (tertiary/aromatic N) is 3. The van der Waals surface area contributed by atoms with E-state index >= 15 is 0 Å². The predicted octanol–water partition coefficient (Wildman–Crippen LogP) is 3.63. The summed E-state index contributed by atoms with van der Waals surface area (Å²) < 4.78 is 0. The van der Waals surface area contributed by atoms with E-state index in [2.05, 4.69) is 22.9 Å². The molecule has 1 heterocycles. The normalized spacial score (nSPS) is 9.95. The minimum atomic E-state index is 0.578. The van der Waals surface area contributed by atoms with Crippen molar-refractivity contribution in [1.82, 2.24) is 4.98 Å². The topological polar surface area (TPSA) is 39.9 Å². The average Bonchev–Trinajstić information content (AvgIpc) is 2.46. The second kappa shape index (κ2) is 6.21. The number of anilines is 1. The first kappa shape index (κ1) is 13.4. The zero-order chi connectivity index (χ0) is 13.7. The van der Waals surface area contributed by atoms with E-state index in [1.54, 1.807) is 18.3 Å². The largest absolute Gasteiger partial charge is 0.365 e. The van der Waals surface area contributed by atoms with E-state index in [0.717, 1.165) is 17.9 Å². The fourth-order valence-corrected chi connectivity index (χ4v) is 2.10. The van der Waals surface area contributed by atoms with E-state index in [-0.39, 0.29) is 0 Å². The molecule has 0 N–H and O–H groups in total. The van der Waals surface area contributed by atoms with E-state index in [9.17, 15) is 5.26 Å². The maximum absolute atomic E-state index is 9.20. The Morgan fingerprint density at radius 1 is 1.32 bits per heavy atom. The molecule has 0 atom stereocenters. The van der Waals surface area contributed by atoms with Crippen LogP contribution >= 0.6 is 11.6 Å². The van der Waals surface area contributed by atoms with Gasteiger partial charge in [-0.2, -0.15) is 5.26 Å². The monoisotopic (exact) mass is 271 g/mol. The van der Waals surface area contributed by atoms with Gasteiger partial charge in [-0.25, -0.2) is 0 Å². The van der Waals surface area contributed by atoms with Gasteiger partial charge in [0.1, 0.15) is 6.07 Å². The molecule has 0 bridgehead atoms. The molecule has 0 radical (unpaired) electrons. The molecule has 0 saturated carbocycles. The van der Waals surface area contributed by atoms with Gasteiger partial charge in [0.25, 0.3) is 0 Å². The van der Waals surface area contributed by atoms with Gasteiger partial charge in [-0.1, -0.05) is 17.7 Å². The second-order valence-electron chi connectivity index (χ2n) is 4.11. The molecule has 0 saturated heterocycles. The van der Waals surface area contributed by atoms with E-state index in [0.29, 0.717) is 17.1 Å². The number of rotatable bonds is 4. The highest BCUT2D eigenvalue weighted by atomic mass is 35.5. The van der Waals surface area contributed by atoms with Crippen molar-refractivity contribution in [2.45, 2.75) is 13.5 Å². The molecule has 0 aliphatic heterocycles. The third-order valence-electron chi connectivity index (χ3n) is 2.88. The lowest BCUT2D eigenvalue weighted by molar-refractivity contribution is 0.808. The van der Waals surface area contributed by atoms with Gasteiger partial charge in [0.05, 0.1) is 23.5 Å². The molecule has 0 amide bonds. The molecule has 0 spiro atoms. The Balaban J connectivity index is 2.30. The molecule has 1 aromatic carbocycles. The fourth-order valence-electron chi connectivity index (χ4n) is 1.93. The lowest BCUT2D eigenvalue weighted by Gasteiger charge is -2.23. The lowest BCUT2D eigenvalue weighted by Crippen LogP contribution is -2.23. The summed E-state index contributed by atoms with van der Waals surface area (Å²) in [5.41, 5.74) is 2.45. The number of pyridine rings is 1. The van der Waals surface area contributed by atoms with Crippen molar-refractivity contribution in [2.24, 2.45) is 0 Å². The van der Waals surface area contributed by atoms with Crippen LogP contribution in [0.5, 0.6) is 0 Å². The molecule has 3 nitrogen and oxygen atoms in total. The van der Waals surface area contributed by atoms with Crippen LogP contribution in [0.25, 0.3) is 0 Å². The van der Waals surface area contributed by atoms with Crippen molar-refractivity contribution in [3.8, 4) is 6.07 Å². The Kier molecular flexibility index (Phi) is 4.38. The average molecular weight is 272 g/mol. The third kappa shape index (κ3) is 3.24. The standard InChI is InChI=1S/C15H14ClN3/c1-2-19(11-14-5-3-4-8-18-14)15-7-6-13(16)9-12(15)10-17/h3-9H,2,11H2,1H3. The number of halogens is 1. The van der Waals surface area contributed by atoms with Crippen molar-refractivity contribution >= 4 is 17.3 Å². The molecule has 4 heteroatoms. The predicted molar refractivity (Wildman–Crippen MR) is 77.1 cm³/mol. The van der Waals surface area contributed by atoms with Crippen LogP contribution in [0.2, 0.25) is 5.02 Å². The first-order valence-electron chi connectivity index (χ1n) is 6.09. The summed E-state index contributed by atoms with van der Waals surface area (Å²) in [4.78, 5) is 6.42. The van der Waals surface area contributed by atoms with E-state index in [1.807, 2.05) is 24.3 Å². The molecule has 0 unspecified atom stereocenters. The van der Waals surface area contributed by atoms with Gasteiger partial charge in [-0.05, 0) is 37.3 Å². The van der Waals surface area contributed by atoms with Crippen LogP contribution in [0, 0.1) is 11.3 Å². The Morgan fingerprint density at radius 3 is 2.79 bits per heavy atom. The molecular weight excluding hydrogens is 258 g/mol. The van der Waals surface area contributed by atoms with Crippen molar-refractivity contribution in [1.29, 1.82) is 5.26 Å². The van der Waals surface area contributed by atoms with E-state index in [4.69, 9.17) is 11.6 Å². The molecule has 1 aromatic heterocycles. The molecule has 2 rings (SSSR count). The third-order valence-corrected chi connectivity index (χ3v) is 3.12. The van der Waals surface area contributed by atoms with Gasteiger partial charge in [0, 0.05) is 17.8 Å². The zero-order valence-corrected chi connectivity index (χ0v) is 11.4. The van der Waals surface area contributed by atoms with Crippen LogP contribution in [-0.4, -0.2) is 11.5 Å². The maximum Gasteiger partial charge on any atom is 0.101 e. The van der Waals surface area contributed by atoms with Crippen LogP contribution in [-0.2, 0) is 6.54 Å². The van der Waals surface area contributed by atoms with E-state index < -0.39 is 0 Å². The van der Waals surface area contributed by atoms with Gasteiger partial charge >= 0.3 is 0 Å². The quantitative estimate of drug-likeness (QED) is 0.852. The number of nitriles is 1. The Morgan fingerprint density at radius 2 is 2.16 bits per heavy atom. The van der Waals surface area contributed by atoms with Gasteiger partial charge < -0.3 is 4.90 Å². The SMILES string of the molecule is CCN(Cc1ccccn1)c1ccc(Cl)cc1C#N. The van der Waals surface area contributed by atoms with E-state index in [1.165, 1.54) is 0 Å². The number of benzene rings is 1. The van der Waals surface area contributed by atoms with Crippen molar-refractivity contribution < 1.29 is 0 Å². The van der Waals surface area contributed by atoms with Crippen LogP contribution in [0.3, 0.4) is 0 Å². The minimum absolute atomic E-state index is 0.578. The van der Waals surface area contributed by atoms with Crippen molar-refractivity contribution in [3.05, 3.63) is 58.9 Å². The smallest absolute Gasteiger partial charge is 0.101 e. The highest BCUT2D eigenvalue weighted by Gasteiger charge is 2.11. The summed E-state index contributed by atoms with van der Waals surface area (Å²) in [6, 6.07) is 13.4. The summed E-state index contributed by atoms with van der Waals surface area (Å²) in [5, 5.41) is 9.78. The molecule has 0 fully saturated rings. The first-order chi connectivity index (χ1) is 9.24. The number of aromatic nitrogens is 1. The Bertz CT molecular complexity index is 590. The molecule has 0 aliphatic carbocycles. The van der Waals surface area contributed by atoms with Gasteiger partial charge in [0.2, 0.25) is 0 Å². The number of hydrogen-bond donors (Lipinski definition) is 0. The highest BCUT2D eigenvalue weighted by molar-refractivity contribution is 6.30. The molecule has 19 heavy (non-hydrogen) atoms. The Hall–Kier alpha value is -2.05. The summed E-state index contributed by atoms with van der Waals surface area (Å²) in [5.74, 6) is 0. The molecule has 0 aliphatic rings. The second-order valence-corrected chi connectivity index (χ2v) is 4.54. The zero-order valence-electron chi connectivity index (χ0n) is 10.7. The lowest BCUT2D eigenvalue weighted by atomic mass is 10.1. The molecule has 96 valence electrons. The molecule has 2 aromatic rings. The summed E-state index contributed by atoms with van der Waals surface area (Å²) in [6.07, 6.45) is 1.77. The fraction of sp³-hybridized carbons (Fsp3) is 0.200. The van der Waals surface area contributed by atoms with Crippen molar-refractivity contribution in [3.63, 3.8) is 0 Å². The summed E-state index contributed by atoms with van der Waals surface area (Å²) in [7, 11) is 0. The highest BCUT2D eigenvalue weighted by Crippen LogP contribution is 2.24. The van der Waals surface area contributed by atoms with Crippen molar-refractivity contribution in [2.75, 3.05) is 11.4 Å². The maximum atomic E-state index is 9.20. The minimum Gasteiger partial charge on any atom is -0.365 e. The first-order valence-corrected chi connectivity index (χ1v) is 6.47. The Labute approximate surface area is 118 Å². The van der Waals surface area contributed by atoms with Crippen LogP contribution in [0.1, 0.15) is 18.2 Å². The van der Waals surface area contributed by atoms with Gasteiger partial charge in [-0.3, -0.25) is 4.98 Å². The van der Waals surface area contributed by atoms with Crippen LogP contribution in [0.4, 0.5) is 5.69 Å². The van der Waals surface area contributed by atoms with Crippen LogP contribution < -0.4 is 4.90 Å².